The minimum Gasteiger partial charge on any atom is -0.467 e. The third-order valence-electron chi connectivity index (χ3n) is 4.58. The van der Waals surface area contributed by atoms with Crippen molar-refractivity contribution in [1.29, 1.82) is 5.26 Å². The Balaban J connectivity index is 1.64. The molecule has 0 aliphatic rings. The summed E-state index contributed by atoms with van der Waals surface area (Å²) in [6, 6.07) is 19.1. The smallest absolute Gasteiger partial charge is 0.262 e. The highest BCUT2D eigenvalue weighted by molar-refractivity contribution is 6.02. The molecule has 0 aliphatic carbocycles. The lowest BCUT2D eigenvalue weighted by Gasteiger charge is -2.02. The first-order valence-electron chi connectivity index (χ1n) is 9.67. The molecule has 0 atom stereocenters. The standard InChI is InChI=1S/C24H19N5O2/c25-13-20(24(30)27-15-22-9-5-11-31-22)12-21-17-29(16-18-6-2-1-3-7-18)28-23(21)19-8-4-10-26-14-19/h1-12,14,17H,15-16H2,(H,27,30)/b20-12+. The minimum absolute atomic E-state index is 0.0176. The average Bonchev–Trinajstić information content (AvgIpc) is 3.47. The number of amides is 1. The highest BCUT2D eigenvalue weighted by atomic mass is 16.3. The molecule has 7 heteroatoms. The predicted octanol–water partition coefficient (Wildman–Crippen LogP) is 3.81. The molecule has 0 saturated carbocycles. The van der Waals surface area contributed by atoms with Gasteiger partial charge in [-0.25, -0.2) is 0 Å². The van der Waals surface area contributed by atoms with E-state index in [0.717, 1.165) is 11.1 Å². The first kappa shape index (κ1) is 19.9. The van der Waals surface area contributed by atoms with Gasteiger partial charge in [0.2, 0.25) is 0 Å². The van der Waals surface area contributed by atoms with Crippen LogP contribution in [0.1, 0.15) is 16.9 Å². The summed E-state index contributed by atoms with van der Waals surface area (Å²) in [5.74, 6) is 0.129. The van der Waals surface area contributed by atoms with Gasteiger partial charge in [0, 0.05) is 29.7 Å². The van der Waals surface area contributed by atoms with Crippen LogP contribution in [-0.2, 0) is 17.9 Å². The summed E-state index contributed by atoms with van der Waals surface area (Å²) in [6.07, 6.45) is 8.29. The molecule has 31 heavy (non-hydrogen) atoms. The number of hydrogen-bond donors (Lipinski definition) is 1. The van der Waals surface area contributed by atoms with Crippen LogP contribution < -0.4 is 5.32 Å². The fourth-order valence-corrected chi connectivity index (χ4v) is 3.10. The molecule has 4 aromatic rings. The van der Waals surface area contributed by atoms with E-state index in [9.17, 15) is 10.1 Å². The zero-order valence-corrected chi connectivity index (χ0v) is 16.6. The summed E-state index contributed by atoms with van der Waals surface area (Å²) >= 11 is 0. The number of aromatic nitrogens is 3. The van der Waals surface area contributed by atoms with Crippen molar-refractivity contribution < 1.29 is 9.21 Å². The molecular formula is C24H19N5O2. The molecule has 1 N–H and O–H groups in total. The maximum absolute atomic E-state index is 12.5. The van der Waals surface area contributed by atoms with Crippen LogP contribution in [0.15, 0.2) is 89.4 Å². The Kier molecular flexibility index (Phi) is 6.00. The van der Waals surface area contributed by atoms with Crippen molar-refractivity contribution in [1.82, 2.24) is 20.1 Å². The molecule has 0 spiro atoms. The zero-order chi connectivity index (χ0) is 21.5. The normalized spacial score (nSPS) is 11.1. The number of rotatable bonds is 7. The van der Waals surface area contributed by atoms with Crippen molar-refractivity contribution in [3.05, 3.63) is 102 Å². The summed E-state index contributed by atoms with van der Waals surface area (Å²) in [5, 5.41) is 17.0. The average molecular weight is 409 g/mol. The lowest BCUT2D eigenvalue weighted by molar-refractivity contribution is -0.117. The van der Waals surface area contributed by atoms with Crippen molar-refractivity contribution in [3.63, 3.8) is 0 Å². The fourth-order valence-electron chi connectivity index (χ4n) is 3.10. The van der Waals surface area contributed by atoms with Gasteiger partial charge in [-0.2, -0.15) is 10.4 Å². The zero-order valence-electron chi connectivity index (χ0n) is 16.6. The molecule has 152 valence electrons. The molecule has 4 rings (SSSR count). The third kappa shape index (κ3) is 4.95. The molecule has 0 fully saturated rings. The maximum atomic E-state index is 12.5. The van der Waals surface area contributed by atoms with Crippen LogP contribution in [0.3, 0.4) is 0 Å². The number of benzene rings is 1. The second kappa shape index (κ2) is 9.37. The Labute approximate surface area is 179 Å². The summed E-state index contributed by atoms with van der Waals surface area (Å²) in [7, 11) is 0. The molecule has 0 unspecified atom stereocenters. The van der Waals surface area contributed by atoms with Crippen LogP contribution in [-0.4, -0.2) is 20.7 Å². The van der Waals surface area contributed by atoms with Gasteiger partial charge in [-0.15, -0.1) is 0 Å². The Morgan fingerprint density at radius 2 is 2.03 bits per heavy atom. The number of furan rings is 1. The molecule has 0 aliphatic heterocycles. The van der Waals surface area contributed by atoms with E-state index in [-0.39, 0.29) is 12.1 Å². The Morgan fingerprint density at radius 3 is 2.74 bits per heavy atom. The topological polar surface area (TPSA) is 96.7 Å². The monoisotopic (exact) mass is 409 g/mol. The molecule has 1 aromatic carbocycles. The molecular weight excluding hydrogens is 390 g/mol. The number of pyridine rings is 1. The van der Waals surface area contributed by atoms with Crippen LogP contribution in [0, 0.1) is 11.3 Å². The second-order valence-corrected chi connectivity index (χ2v) is 6.79. The van der Waals surface area contributed by atoms with Gasteiger partial charge < -0.3 is 9.73 Å². The number of nitrogens with one attached hydrogen (secondary N) is 1. The molecule has 1 amide bonds. The van der Waals surface area contributed by atoms with E-state index in [0.29, 0.717) is 23.6 Å². The van der Waals surface area contributed by atoms with Crippen LogP contribution >= 0.6 is 0 Å². The Bertz CT molecular complexity index is 1220. The number of hydrogen-bond acceptors (Lipinski definition) is 5. The number of nitriles is 1. The SMILES string of the molecule is N#C/C(=C\c1cn(Cc2ccccc2)nc1-c1cccnc1)C(=O)NCc1ccco1. The number of nitrogens with zero attached hydrogens (tertiary/aromatic N) is 4. The highest BCUT2D eigenvalue weighted by Crippen LogP contribution is 2.24. The van der Waals surface area contributed by atoms with Gasteiger partial charge >= 0.3 is 0 Å². The van der Waals surface area contributed by atoms with E-state index < -0.39 is 5.91 Å². The van der Waals surface area contributed by atoms with E-state index >= 15 is 0 Å². The molecule has 7 nitrogen and oxygen atoms in total. The van der Waals surface area contributed by atoms with Crippen molar-refractivity contribution >= 4 is 12.0 Å². The van der Waals surface area contributed by atoms with Crippen molar-refractivity contribution in [2.75, 3.05) is 0 Å². The van der Waals surface area contributed by atoms with Crippen LogP contribution in [0.4, 0.5) is 0 Å². The lowest BCUT2D eigenvalue weighted by atomic mass is 10.1. The third-order valence-corrected chi connectivity index (χ3v) is 4.58. The highest BCUT2D eigenvalue weighted by Gasteiger charge is 2.15. The summed E-state index contributed by atoms with van der Waals surface area (Å²) in [6.45, 7) is 0.766. The fraction of sp³-hybridized carbons (Fsp3) is 0.0833. The van der Waals surface area contributed by atoms with E-state index in [1.54, 1.807) is 35.3 Å². The lowest BCUT2D eigenvalue weighted by Crippen LogP contribution is -2.23. The van der Waals surface area contributed by atoms with Gasteiger partial charge in [0.25, 0.3) is 5.91 Å². The summed E-state index contributed by atoms with van der Waals surface area (Å²) in [5.41, 5.74) is 3.18. The minimum atomic E-state index is -0.480. The predicted molar refractivity (Wildman–Crippen MR) is 115 cm³/mol. The maximum Gasteiger partial charge on any atom is 0.262 e. The van der Waals surface area contributed by atoms with E-state index in [2.05, 4.69) is 15.4 Å². The largest absolute Gasteiger partial charge is 0.467 e. The van der Waals surface area contributed by atoms with Gasteiger partial charge in [-0.3, -0.25) is 14.5 Å². The Morgan fingerprint density at radius 1 is 1.16 bits per heavy atom. The summed E-state index contributed by atoms with van der Waals surface area (Å²) < 4.78 is 7.01. The summed E-state index contributed by atoms with van der Waals surface area (Å²) in [4.78, 5) is 16.7. The van der Waals surface area contributed by atoms with E-state index in [4.69, 9.17) is 4.42 Å². The van der Waals surface area contributed by atoms with Gasteiger partial charge in [-0.05, 0) is 35.9 Å². The molecule has 3 heterocycles. The first-order chi connectivity index (χ1) is 15.2. The van der Waals surface area contributed by atoms with Gasteiger partial charge in [0.15, 0.2) is 0 Å². The van der Waals surface area contributed by atoms with Gasteiger partial charge in [-0.1, -0.05) is 30.3 Å². The molecule has 3 aromatic heterocycles. The van der Waals surface area contributed by atoms with E-state index in [1.807, 2.05) is 54.7 Å². The molecule has 0 saturated heterocycles. The van der Waals surface area contributed by atoms with Crippen molar-refractivity contribution in [3.8, 4) is 17.3 Å². The number of carbonyl (C=O) groups excluding carboxylic acids is 1. The van der Waals surface area contributed by atoms with Gasteiger partial charge in [0.05, 0.1) is 19.4 Å². The van der Waals surface area contributed by atoms with Crippen LogP contribution in [0.2, 0.25) is 0 Å². The van der Waals surface area contributed by atoms with E-state index in [1.165, 1.54) is 6.26 Å². The van der Waals surface area contributed by atoms with Crippen molar-refractivity contribution in [2.45, 2.75) is 13.1 Å². The number of carbonyl (C=O) groups is 1. The quantitative estimate of drug-likeness (QED) is 0.370. The van der Waals surface area contributed by atoms with Gasteiger partial charge in [0.1, 0.15) is 23.1 Å². The van der Waals surface area contributed by atoms with Crippen LogP contribution in [0.5, 0.6) is 0 Å². The first-order valence-corrected chi connectivity index (χ1v) is 9.67. The van der Waals surface area contributed by atoms with Crippen LogP contribution in [0.25, 0.3) is 17.3 Å². The Hall–Kier alpha value is -4.44. The second-order valence-electron chi connectivity index (χ2n) is 6.79. The molecule has 0 radical (unpaired) electrons. The van der Waals surface area contributed by atoms with Crippen molar-refractivity contribution in [2.24, 2.45) is 0 Å². The molecule has 0 bridgehead atoms.